The molecule has 4 unspecified atom stereocenters. The molecular weight excluding hydrogens is 224 g/mol. The molecular formula is C11H18N2O4. The van der Waals surface area contributed by atoms with E-state index in [1.807, 2.05) is 0 Å². The molecule has 4 atom stereocenters. The number of nitrogens with one attached hydrogen (secondary N) is 2. The van der Waals surface area contributed by atoms with Crippen molar-refractivity contribution >= 4 is 12.0 Å². The molecule has 2 bridgehead atoms. The number of rotatable bonds is 4. The van der Waals surface area contributed by atoms with E-state index in [1.54, 1.807) is 0 Å². The summed E-state index contributed by atoms with van der Waals surface area (Å²) in [5, 5.41) is 22.5. The third kappa shape index (κ3) is 2.69. The minimum atomic E-state index is -1.23. The quantitative estimate of drug-likeness (QED) is 0.554. The zero-order chi connectivity index (χ0) is 12.4. The number of carbonyl (C=O) groups excluding carboxylic acids is 1. The summed E-state index contributed by atoms with van der Waals surface area (Å²) in [6.45, 7) is -0.598. The Kier molecular flexibility index (Phi) is 3.51. The summed E-state index contributed by atoms with van der Waals surface area (Å²) in [6, 6.07) is -1.56. The normalized spacial score (nSPS) is 32.2. The molecule has 2 rings (SSSR count). The Balaban J connectivity index is 1.79. The zero-order valence-electron chi connectivity index (χ0n) is 9.56. The molecule has 96 valence electrons. The van der Waals surface area contributed by atoms with Gasteiger partial charge in [0, 0.05) is 6.04 Å². The first-order chi connectivity index (χ1) is 8.10. The minimum absolute atomic E-state index is 0.168. The molecule has 0 aromatic heterocycles. The van der Waals surface area contributed by atoms with Gasteiger partial charge in [-0.05, 0) is 31.1 Å². The third-order valence-electron chi connectivity index (χ3n) is 3.84. The molecule has 6 heteroatoms. The molecule has 0 aromatic rings. The number of carboxylic acids is 1. The number of amides is 2. The lowest BCUT2D eigenvalue weighted by atomic mass is 9.95. The Labute approximate surface area is 99.4 Å². The summed E-state index contributed by atoms with van der Waals surface area (Å²) in [5.41, 5.74) is 0. The van der Waals surface area contributed by atoms with E-state index in [4.69, 9.17) is 10.2 Å². The van der Waals surface area contributed by atoms with Gasteiger partial charge in [-0.3, -0.25) is 0 Å². The van der Waals surface area contributed by atoms with Crippen molar-refractivity contribution in [1.29, 1.82) is 0 Å². The average Bonchev–Trinajstić information content (AvgIpc) is 2.87. The van der Waals surface area contributed by atoms with Gasteiger partial charge in [-0.25, -0.2) is 9.59 Å². The number of hydrogen-bond acceptors (Lipinski definition) is 3. The summed E-state index contributed by atoms with van der Waals surface area (Å²) < 4.78 is 0. The van der Waals surface area contributed by atoms with Gasteiger partial charge >= 0.3 is 12.0 Å². The Morgan fingerprint density at radius 1 is 1.29 bits per heavy atom. The maximum Gasteiger partial charge on any atom is 0.328 e. The number of carboxylic acid groups (broad SMARTS) is 1. The lowest BCUT2D eigenvalue weighted by Gasteiger charge is -2.23. The molecule has 0 aliphatic heterocycles. The SMILES string of the molecule is O=C(NC(CO)C(=O)O)NC1CC2CCC1C2. The molecule has 0 aromatic carbocycles. The summed E-state index contributed by atoms with van der Waals surface area (Å²) in [7, 11) is 0. The fourth-order valence-electron chi connectivity index (χ4n) is 2.98. The summed E-state index contributed by atoms with van der Waals surface area (Å²) in [6.07, 6.45) is 4.57. The summed E-state index contributed by atoms with van der Waals surface area (Å²) in [5.74, 6) is 0.0390. The molecule has 2 fully saturated rings. The van der Waals surface area contributed by atoms with E-state index < -0.39 is 24.6 Å². The number of fused-ring (bicyclic) bond motifs is 2. The first kappa shape index (κ1) is 12.2. The van der Waals surface area contributed by atoms with Crippen LogP contribution < -0.4 is 10.6 Å². The third-order valence-corrected chi connectivity index (χ3v) is 3.84. The molecule has 0 radical (unpaired) electrons. The van der Waals surface area contributed by atoms with Crippen molar-refractivity contribution in [3.8, 4) is 0 Å². The van der Waals surface area contributed by atoms with E-state index in [1.165, 1.54) is 12.8 Å². The zero-order valence-corrected chi connectivity index (χ0v) is 9.56. The molecule has 2 amide bonds. The molecule has 17 heavy (non-hydrogen) atoms. The average molecular weight is 242 g/mol. The van der Waals surface area contributed by atoms with Gasteiger partial charge in [0.2, 0.25) is 0 Å². The van der Waals surface area contributed by atoms with Gasteiger partial charge in [-0.1, -0.05) is 6.42 Å². The number of aliphatic hydroxyl groups is 1. The van der Waals surface area contributed by atoms with Crippen LogP contribution in [-0.2, 0) is 4.79 Å². The second kappa shape index (κ2) is 4.91. The second-order valence-corrected chi connectivity index (χ2v) is 4.97. The van der Waals surface area contributed by atoms with Crippen LogP contribution in [0.3, 0.4) is 0 Å². The standard InChI is InChI=1S/C11H18N2O4/c14-5-9(10(15)16)13-11(17)12-8-4-6-1-2-7(8)3-6/h6-9,14H,1-5H2,(H,15,16)(H2,12,13,17). The number of aliphatic carboxylic acids is 1. The van der Waals surface area contributed by atoms with E-state index in [-0.39, 0.29) is 6.04 Å². The molecule has 0 saturated heterocycles. The van der Waals surface area contributed by atoms with E-state index >= 15 is 0 Å². The van der Waals surface area contributed by atoms with E-state index in [0.717, 1.165) is 18.8 Å². The first-order valence-electron chi connectivity index (χ1n) is 6.01. The number of urea groups is 1. The Bertz CT molecular complexity index is 321. The van der Waals surface area contributed by atoms with Crippen LogP contribution in [0.5, 0.6) is 0 Å². The summed E-state index contributed by atoms with van der Waals surface area (Å²) in [4.78, 5) is 22.2. The van der Waals surface area contributed by atoms with Crippen LogP contribution >= 0.6 is 0 Å². The van der Waals surface area contributed by atoms with Crippen molar-refractivity contribution in [2.45, 2.75) is 37.8 Å². The van der Waals surface area contributed by atoms with Gasteiger partial charge in [0.1, 0.15) is 0 Å². The van der Waals surface area contributed by atoms with Gasteiger partial charge in [0.05, 0.1) is 6.61 Å². The van der Waals surface area contributed by atoms with Gasteiger partial charge in [0.25, 0.3) is 0 Å². The minimum Gasteiger partial charge on any atom is -0.480 e. The predicted octanol–water partition coefficient (Wildman–Crippen LogP) is -0.0803. The molecule has 4 N–H and O–H groups in total. The largest absolute Gasteiger partial charge is 0.480 e. The summed E-state index contributed by atoms with van der Waals surface area (Å²) >= 11 is 0. The van der Waals surface area contributed by atoms with Crippen LogP contribution in [-0.4, -0.2) is 40.9 Å². The van der Waals surface area contributed by atoms with Gasteiger partial charge in [-0.15, -0.1) is 0 Å². The second-order valence-electron chi connectivity index (χ2n) is 4.97. The van der Waals surface area contributed by atoms with Crippen LogP contribution in [0, 0.1) is 11.8 Å². The van der Waals surface area contributed by atoms with Gasteiger partial charge in [-0.2, -0.15) is 0 Å². The smallest absolute Gasteiger partial charge is 0.328 e. The van der Waals surface area contributed by atoms with Crippen LogP contribution in [0.15, 0.2) is 0 Å². The predicted molar refractivity (Wildman–Crippen MR) is 59.4 cm³/mol. The van der Waals surface area contributed by atoms with E-state index in [2.05, 4.69) is 10.6 Å². The van der Waals surface area contributed by atoms with Crippen molar-refractivity contribution < 1.29 is 19.8 Å². The lowest BCUT2D eigenvalue weighted by molar-refractivity contribution is -0.140. The molecule has 2 aliphatic rings. The van der Waals surface area contributed by atoms with E-state index in [0.29, 0.717) is 5.92 Å². The highest BCUT2D eigenvalue weighted by Gasteiger charge is 2.40. The topological polar surface area (TPSA) is 98.7 Å². The molecule has 2 aliphatic carbocycles. The molecule has 6 nitrogen and oxygen atoms in total. The number of aliphatic hydroxyl groups excluding tert-OH is 1. The van der Waals surface area contributed by atoms with Crippen LogP contribution in [0.4, 0.5) is 4.79 Å². The fraction of sp³-hybridized carbons (Fsp3) is 0.818. The monoisotopic (exact) mass is 242 g/mol. The van der Waals surface area contributed by atoms with Crippen LogP contribution in [0.25, 0.3) is 0 Å². The first-order valence-corrected chi connectivity index (χ1v) is 6.01. The fourth-order valence-corrected chi connectivity index (χ4v) is 2.98. The van der Waals surface area contributed by atoms with Crippen LogP contribution in [0.2, 0.25) is 0 Å². The molecule has 0 spiro atoms. The van der Waals surface area contributed by atoms with Gasteiger partial charge in [0.15, 0.2) is 6.04 Å². The number of carbonyl (C=O) groups is 2. The number of hydrogen-bond donors (Lipinski definition) is 4. The maximum absolute atomic E-state index is 11.6. The van der Waals surface area contributed by atoms with Gasteiger partial charge < -0.3 is 20.8 Å². The van der Waals surface area contributed by atoms with Crippen molar-refractivity contribution in [1.82, 2.24) is 10.6 Å². The Morgan fingerprint density at radius 3 is 2.53 bits per heavy atom. The van der Waals surface area contributed by atoms with Crippen molar-refractivity contribution in [3.05, 3.63) is 0 Å². The van der Waals surface area contributed by atoms with Crippen molar-refractivity contribution in [2.75, 3.05) is 6.61 Å². The highest BCUT2D eigenvalue weighted by Crippen LogP contribution is 2.44. The molecule has 2 saturated carbocycles. The van der Waals surface area contributed by atoms with Crippen molar-refractivity contribution in [2.24, 2.45) is 11.8 Å². The van der Waals surface area contributed by atoms with Crippen molar-refractivity contribution in [3.63, 3.8) is 0 Å². The Hall–Kier alpha value is -1.30. The van der Waals surface area contributed by atoms with Crippen LogP contribution in [0.1, 0.15) is 25.7 Å². The maximum atomic E-state index is 11.6. The molecule has 0 heterocycles. The highest BCUT2D eigenvalue weighted by atomic mass is 16.4. The highest BCUT2D eigenvalue weighted by molar-refractivity contribution is 5.82. The Morgan fingerprint density at radius 2 is 2.06 bits per heavy atom. The van der Waals surface area contributed by atoms with E-state index in [9.17, 15) is 9.59 Å². The lowest BCUT2D eigenvalue weighted by Crippen LogP contribution is -2.51.